The Hall–Kier alpha value is -1.99. The van der Waals surface area contributed by atoms with Gasteiger partial charge in [0.1, 0.15) is 0 Å². The minimum absolute atomic E-state index is 0.0859. The van der Waals surface area contributed by atoms with Crippen molar-refractivity contribution >= 4 is 39.1 Å². The first-order valence-electron chi connectivity index (χ1n) is 8.51. The van der Waals surface area contributed by atoms with Gasteiger partial charge in [0.2, 0.25) is 5.91 Å². The van der Waals surface area contributed by atoms with Crippen LogP contribution in [-0.4, -0.2) is 26.1 Å². The van der Waals surface area contributed by atoms with Gasteiger partial charge in [0.25, 0.3) is 10.0 Å². The number of nitrogens with one attached hydrogen (secondary N) is 1. The fourth-order valence-corrected chi connectivity index (χ4v) is 5.23. The van der Waals surface area contributed by atoms with Gasteiger partial charge >= 0.3 is 0 Å². The van der Waals surface area contributed by atoms with Crippen molar-refractivity contribution in [1.29, 1.82) is 0 Å². The molecule has 5 nitrogen and oxygen atoms in total. The Labute approximate surface area is 158 Å². The quantitative estimate of drug-likeness (QED) is 0.860. The van der Waals surface area contributed by atoms with Crippen LogP contribution in [-0.2, 0) is 21.2 Å². The molecule has 1 atom stereocenters. The fraction of sp³-hybridized carbons (Fsp3) is 0.316. The van der Waals surface area contributed by atoms with Crippen molar-refractivity contribution in [2.24, 2.45) is 0 Å². The Bertz CT molecular complexity index is 942. The molecule has 0 spiro atoms. The van der Waals surface area contributed by atoms with E-state index in [1.165, 1.54) is 6.92 Å². The maximum absolute atomic E-state index is 12.9. The third-order valence-electron chi connectivity index (χ3n) is 4.32. The van der Waals surface area contributed by atoms with Crippen LogP contribution >= 0.6 is 11.8 Å². The highest BCUT2D eigenvalue weighted by atomic mass is 32.2. The van der Waals surface area contributed by atoms with E-state index in [-0.39, 0.29) is 16.1 Å². The monoisotopic (exact) mass is 390 g/mol. The Morgan fingerprint density at radius 1 is 1.27 bits per heavy atom. The maximum Gasteiger partial charge on any atom is 0.261 e. The van der Waals surface area contributed by atoms with E-state index in [1.807, 2.05) is 19.1 Å². The molecule has 0 fully saturated rings. The number of thioether (sulfide) groups is 1. The van der Waals surface area contributed by atoms with Gasteiger partial charge in [0.15, 0.2) is 0 Å². The molecule has 0 unspecified atom stereocenters. The molecule has 1 heterocycles. The smallest absolute Gasteiger partial charge is 0.261 e. The van der Waals surface area contributed by atoms with Gasteiger partial charge < -0.3 is 4.90 Å². The number of carbonyl (C=O) groups is 1. The summed E-state index contributed by atoms with van der Waals surface area (Å²) in [6.07, 6.45) is 0.732. The summed E-state index contributed by atoms with van der Waals surface area (Å²) in [6.45, 7) is 6.11. The normalized spacial score (nSPS) is 16.9. The lowest BCUT2D eigenvalue weighted by Crippen LogP contribution is -2.37. The van der Waals surface area contributed by atoms with Gasteiger partial charge in [-0.3, -0.25) is 9.52 Å². The number of nitrogens with zero attached hydrogens (tertiary/aromatic N) is 1. The predicted molar refractivity (Wildman–Crippen MR) is 106 cm³/mol. The molecule has 0 saturated heterocycles. The van der Waals surface area contributed by atoms with E-state index >= 15 is 0 Å². The van der Waals surface area contributed by atoms with Crippen molar-refractivity contribution in [2.45, 2.75) is 42.2 Å². The lowest BCUT2D eigenvalue weighted by atomic mass is 10.1. The standard InChI is InChI=1S/C19H22N2O3S2/c1-4-15-7-5-6-8-17(15)20-26(23,24)16-9-10-19-18(11-16)21(14(3)22)12-13(2)25-19/h5-11,13,20H,4,12H2,1-3H3/t13-/m1/s1. The number of anilines is 2. The lowest BCUT2D eigenvalue weighted by Gasteiger charge is -2.32. The highest BCUT2D eigenvalue weighted by Crippen LogP contribution is 2.40. The van der Waals surface area contributed by atoms with E-state index in [9.17, 15) is 13.2 Å². The Morgan fingerprint density at radius 3 is 2.69 bits per heavy atom. The summed E-state index contributed by atoms with van der Waals surface area (Å²) in [5, 5.41) is 0.267. The SMILES string of the molecule is CCc1ccccc1NS(=O)(=O)c1ccc2c(c1)N(C(C)=O)C[C@@H](C)S2. The number of fused-ring (bicyclic) bond motifs is 1. The molecule has 1 N–H and O–H groups in total. The van der Waals surface area contributed by atoms with Crippen LogP contribution in [0.1, 0.15) is 26.3 Å². The molecule has 0 aromatic heterocycles. The van der Waals surface area contributed by atoms with Crippen molar-refractivity contribution in [3.05, 3.63) is 48.0 Å². The van der Waals surface area contributed by atoms with Crippen LogP contribution in [0, 0.1) is 0 Å². The molecule has 0 radical (unpaired) electrons. The third-order valence-corrected chi connectivity index (χ3v) is 6.84. The molecule has 1 aliphatic heterocycles. The Kier molecular flexibility index (Phi) is 5.29. The van der Waals surface area contributed by atoms with E-state index in [0.29, 0.717) is 17.9 Å². The first-order chi connectivity index (χ1) is 12.3. The number of sulfonamides is 1. The van der Waals surface area contributed by atoms with Crippen LogP contribution in [0.3, 0.4) is 0 Å². The zero-order chi connectivity index (χ0) is 18.9. The first kappa shape index (κ1) is 18.8. The second-order valence-electron chi connectivity index (χ2n) is 6.30. The van der Waals surface area contributed by atoms with E-state index in [0.717, 1.165) is 16.9 Å². The number of aryl methyl sites for hydroxylation is 1. The molecule has 7 heteroatoms. The molecule has 1 aliphatic rings. The van der Waals surface area contributed by atoms with Gasteiger partial charge in [-0.1, -0.05) is 32.0 Å². The summed E-state index contributed by atoms with van der Waals surface area (Å²) in [7, 11) is -3.74. The zero-order valence-electron chi connectivity index (χ0n) is 15.0. The van der Waals surface area contributed by atoms with Gasteiger partial charge in [-0.15, -0.1) is 11.8 Å². The number of hydrogen-bond acceptors (Lipinski definition) is 4. The first-order valence-corrected chi connectivity index (χ1v) is 10.9. The molecule has 138 valence electrons. The van der Waals surface area contributed by atoms with Gasteiger partial charge in [-0.05, 0) is 36.2 Å². The molecule has 0 aliphatic carbocycles. The molecule has 0 saturated carbocycles. The van der Waals surface area contributed by atoms with Crippen molar-refractivity contribution in [2.75, 3.05) is 16.2 Å². The number of rotatable bonds is 4. The molecule has 0 bridgehead atoms. The van der Waals surface area contributed by atoms with Gasteiger partial charge in [0.05, 0.1) is 16.3 Å². The topological polar surface area (TPSA) is 66.5 Å². The summed E-state index contributed by atoms with van der Waals surface area (Å²) in [4.78, 5) is 14.7. The molecular weight excluding hydrogens is 368 g/mol. The molecule has 2 aromatic rings. The zero-order valence-corrected chi connectivity index (χ0v) is 16.7. The number of hydrogen-bond donors (Lipinski definition) is 1. The van der Waals surface area contributed by atoms with Crippen molar-refractivity contribution in [1.82, 2.24) is 0 Å². The van der Waals surface area contributed by atoms with Crippen LogP contribution in [0.15, 0.2) is 52.3 Å². The molecule has 26 heavy (non-hydrogen) atoms. The average molecular weight is 391 g/mol. The minimum atomic E-state index is -3.74. The van der Waals surface area contributed by atoms with E-state index in [1.54, 1.807) is 47.0 Å². The number of benzene rings is 2. The lowest BCUT2D eigenvalue weighted by molar-refractivity contribution is -0.116. The fourth-order valence-electron chi connectivity index (χ4n) is 3.01. The van der Waals surface area contributed by atoms with E-state index in [4.69, 9.17) is 0 Å². The maximum atomic E-state index is 12.9. The van der Waals surface area contributed by atoms with Crippen LogP contribution in [0.5, 0.6) is 0 Å². The summed E-state index contributed by atoms with van der Waals surface area (Å²) in [5.74, 6) is -0.0859. The largest absolute Gasteiger partial charge is 0.310 e. The molecule has 1 amide bonds. The number of carbonyl (C=O) groups excluding carboxylic acids is 1. The second kappa shape index (κ2) is 7.32. The molecular formula is C19H22N2O3S2. The second-order valence-corrected chi connectivity index (χ2v) is 9.47. The summed E-state index contributed by atoms with van der Waals surface area (Å²) in [5.41, 5.74) is 2.18. The number of amides is 1. The minimum Gasteiger partial charge on any atom is -0.310 e. The summed E-state index contributed by atoms with van der Waals surface area (Å²) >= 11 is 1.65. The molecule has 2 aromatic carbocycles. The van der Waals surface area contributed by atoms with Crippen LogP contribution in [0.2, 0.25) is 0 Å². The molecule has 3 rings (SSSR count). The van der Waals surface area contributed by atoms with Crippen molar-refractivity contribution in [3.8, 4) is 0 Å². The van der Waals surface area contributed by atoms with E-state index < -0.39 is 10.0 Å². The van der Waals surface area contributed by atoms with Gasteiger partial charge in [-0.2, -0.15) is 0 Å². The van der Waals surface area contributed by atoms with Crippen molar-refractivity contribution in [3.63, 3.8) is 0 Å². The average Bonchev–Trinajstić information content (AvgIpc) is 2.60. The Balaban J connectivity index is 1.99. The van der Waals surface area contributed by atoms with Crippen LogP contribution in [0.4, 0.5) is 11.4 Å². The van der Waals surface area contributed by atoms with Gasteiger partial charge in [0, 0.05) is 23.6 Å². The van der Waals surface area contributed by atoms with Crippen LogP contribution in [0.25, 0.3) is 0 Å². The van der Waals surface area contributed by atoms with Crippen LogP contribution < -0.4 is 9.62 Å². The highest BCUT2D eigenvalue weighted by molar-refractivity contribution is 8.00. The summed E-state index contributed by atoms with van der Waals surface area (Å²) in [6, 6.07) is 12.3. The number of para-hydroxylation sites is 1. The van der Waals surface area contributed by atoms with Gasteiger partial charge in [-0.25, -0.2) is 8.42 Å². The third kappa shape index (κ3) is 3.73. The Morgan fingerprint density at radius 2 is 2.00 bits per heavy atom. The van der Waals surface area contributed by atoms with E-state index in [2.05, 4.69) is 11.6 Å². The highest BCUT2D eigenvalue weighted by Gasteiger charge is 2.27. The predicted octanol–water partition coefficient (Wildman–Crippen LogP) is 3.90. The summed E-state index contributed by atoms with van der Waals surface area (Å²) < 4.78 is 28.4. The van der Waals surface area contributed by atoms with Crippen molar-refractivity contribution < 1.29 is 13.2 Å².